The second-order valence-electron chi connectivity index (χ2n) is 7.66. The van der Waals surface area contributed by atoms with E-state index in [0.717, 1.165) is 22.6 Å². The van der Waals surface area contributed by atoms with E-state index in [-0.39, 0.29) is 17.8 Å². The standard InChI is InChI=1S/C21H26N4O4/c1-22-18-15(19(26)23(2)21(22)28)13-17(24(18)10-6-12-29-3)20(27)25-11-9-14-7-4-5-8-16(14)25/h4-5,7-8,13,15,18H,6,9-12H2,1-3H3. The van der Waals surface area contributed by atoms with Gasteiger partial charge in [0.05, 0.1) is 5.92 Å². The fourth-order valence-electron chi connectivity index (χ4n) is 4.52. The minimum absolute atomic E-state index is 0.127. The van der Waals surface area contributed by atoms with Crippen LogP contribution in [0.1, 0.15) is 12.0 Å². The molecule has 8 heteroatoms. The summed E-state index contributed by atoms with van der Waals surface area (Å²) < 4.78 is 5.17. The molecule has 0 saturated carbocycles. The van der Waals surface area contributed by atoms with Crippen LogP contribution in [0.15, 0.2) is 36.0 Å². The first-order valence-corrected chi connectivity index (χ1v) is 9.87. The van der Waals surface area contributed by atoms with Crippen LogP contribution in [-0.4, -0.2) is 79.6 Å². The van der Waals surface area contributed by atoms with Gasteiger partial charge in [-0.3, -0.25) is 14.5 Å². The smallest absolute Gasteiger partial charge is 0.327 e. The van der Waals surface area contributed by atoms with Crippen LogP contribution in [0.5, 0.6) is 0 Å². The third-order valence-electron chi connectivity index (χ3n) is 5.99. The summed E-state index contributed by atoms with van der Waals surface area (Å²) >= 11 is 0. The van der Waals surface area contributed by atoms with Gasteiger partial charge < -0.3 is 19.4 Å². The molecule has 0 aromatic heterocycles. The van der Waals surface area contributed by atoms with Crippen molar-refractivity contribution >= 4 is 23.5 Å². The van der Waals surface area contributed by atoms with Crippen molar-refractivity contribution in [2.45, 2.75) is 19.0 Å². The van der Waals surface area contributed by atoms with E-state index in [1.165, 1.54) is 7.05 Å². The highest BCUT2D eigenvalue weighted by Gasteiger charge is 2.51. The predicted molar refractivity (Wildman–Crippen MR) is 107 cm³/mol. The number of hydrogen-bond acceptors (Lipinski definition) is 5. The van der Waals surface area contributed by atoms with Gasteiger partial charge in [0.2, 0.25) is 5.91 Å². The van der Waals surface area contributed by atoms with E-state index in [4.69, 9.17) is 4.74 Å². The summed E-state index contributed by atoms with van der Waals surface area (Å²) in [6, 6.07) is 7.53. The number of rotatable bonds is 5. The van der Waals surface area contributed by atoms with Crippen molar-refractivity contribution in [3.63, 3.8) is 0 Å². The molecule has 3 aliphatic rings. The highest BCUT2D eigenvalue weighted by molar-refractivity contribution is 6.08. The van der Waals surface area contributed by atoms with E-state index < -0.39 is 12.1 Å². The van der Waals surface area contributed by atoms with Gasteiger partial charge in [-0.15, -0.1) is 0 Å². The molecule has 0 aliphatic carbocycles. The van der Waals surface area contributed by atoms with Crippen LogP contribution >= 0.6 is 0 Å². The molecule has 29 heavy (non-hydrogen) atoms. The molecule has 2 atom stereocenters. The second kappa shape index (κ2) is 7.51. The van der Waals surface area contributed by atoms with Crippen LogP contribution in [0.3, 0.4) is 0 Å². The van der Waals surface area contributed by atoms with Gasteiger partial charge in [0, 0.05) is 46.6 Å². The molecule has 3 aliphatic heterocycles. The predicted octanol–water partition coefficient (Wildman–Crippen LogP) is 1.28. The Morgan fingerprint density at radius 1 is 1.21 bits per heavy atom. The van der Waals surface area contributed by atoms with Crippen LogP contribution in [0, 0.1) is 5.92 Å². The molecule has 1 aromatic rings. The Morgan fingerprint density at radius 3 is 2.72 bits per heavy atom. The molecule has 1 saturated heterocycles. The Balaban J connectivity index is 1.67. The lowest BCUT2D eigenvalue weighted by Crippen LogP contribution is -2.62. The van der Waals surface area contributed by atoms with Gasteiger partial charge in [-0.25, -0.2) is 4.79 Å². The number of para-hydroxylation sites is 1. The van der Waals surface area contributed by atoms with Gasteiger partial charge in [0.1, 0.15) is 11.9 Å². The number of nitrogens with zero attached hydrogens (tertiary/aromatic N) is 4. The molecular weight excluding hydrogens is 372 g/mol. The zero-order chi connectivity index (χ0) is 20.7. The van der Waals surface area contributed by atoms with E-state index in [1.807, 2.05) is 29.2 Å². The number of methoxy groups -OCH3 is 1. The summed E-state index contributed by atoms with van der Waals surface area (Å²) in [6.07, 6.45) is 2.75. The second-order valence-corrected chi connectivity index (χ2v) is 7.66. The van der Waals surface area contributed by atoms with Crippen molar-refractivity contribution in [3.8, 4) is 0 Å². The Labute approximate surface area is 170 Å². The minimum atomic E-state index is -0.554. The molecule has 3 heterocycles. The van der Waals surface area contributed by atoms with E-state index in [2.05, 4.69) is 0 Å². The maximum absolute atomic E-state index is 13.5. The van der Waals surface area contributed by atoms with Gasteiger partial charge in [0.15, 0.2) is 0 Å². The van der Waals surface area contributed by atoms with E-state index in [9.17, 15) is 14.4 Å². The average molecular weight is 398 g/mol. The monoisotopic (exact) mass is 398 g/mol. The van der Waals surface area contributed by atoms with Crippen molar-refractivity contribution in [2.24, 2.45) is 5.92 Å². The number of carbonyl (C=O) groups excluding carboxylic acids is 3. The van der Waals surface area contributed by atoms with E-state index in [1.54, 1.807) is 30.0 Å². The fraction of sp³-hybridized carbons (Fsp3) is 0.476. The normalized spacial score (nSPS) is 23.5. The first-order chi connectivity index (χ1) is 14.0. The van der Waals surface area contributed by atoms with Gasteiger partial charge in [-0.1, -0.05) is 18.2 Å². The number of carbonyl (C=O) groups is 3. The summed E-state index contributed by atoms with van der Waals surface area (Å²) in [7, 11) is 4.79. The lowest BCUT2D eigenvalue weighted by molar-refractivity contribution is -0.137. The zero-order valence-electron chi connectivity index (χ0n) is 17.0. The lowest BCUT2D eigenvalue weighted by atomic mass is 10.0. The molecular formula is C21H26N4O4. The summed E-state index contributed by atoms with van der Waals surface area (Å²) in [5, 5.41) is 0. The number of urea groups is 1. The third kappa shape index (κ3) is 3.07. The summed E-state index contributed by atoms with van der Waals surface area (Å²) in [5.74, 6) is -0.959. The SMILES string of the molecule is COCCCN1C(C(=O)N2CCc3ccccc32)=CC2C(=O)N(C)C(=O)N(C)C21. The van der Waals surface area contributed by atoms with Crippen molar-refractivity contribution in [2.75, 3.05) is 45.8 Å². The van der Waals surface area contributed by atoms with Crippen molar-refractivity contribution in [1.82, 2.24) is 14.7 Å². The van der Waals surface area contributed by atoms with Crippen LogP contribution in [0.25, 0.3) is 0 Å². The highest BCUT2D eigenvalue weighted by Crippen LogP contribution is 2.37. The molecule has 8 nitrogen and oxygen atoms in total. The maximum atomic E-state index is 13.5. The highest BCUT2D eigenvalue weighted by atomic mass is 16.5. The van der Waals surface area contributed by atoms with E-state index in [0.29, 0.717) is 31.8 Å². The molecule has 1 fully saturated rings. The molecule has 0 bridgehead atoms. The number of fused-ring (bicyclic) bond motifs is 2. The van der Waals surface area contributed by atoms with Crippen LogP contribution < -0.4 is 4.90 Å². The number of hydrogen-bond donors (Lipinski definition) is 0. The lowest BCUT2D eigenvalue weighted by Gasteiger charge is -2.43. The van der Waals surface area contributed by atoms with E-state index >= 15 is 0 Å². The Kier molecular flexibility index (Phi) is 5.04. The summed E-state index contributed by atoms with van der Waals surface area (Å²) in [5.41, 5.74) is 2.54. The number of amides is 4. The quantitative estimate of drug-likeness (QED) is 0.699. The van der Waals surface area contributed by atoms with Crippen LogP contribution in [0.4, 0.5) is 10.5 Å². The minimum Gasteiger partial charge on any atom is -0.385 e. The van der Waals surface area contributed by atoms with Gasteiger partial charge in [0.25, 0.3) is 5.91 Å². The van der Waals surface area contributed by atoms with Crippen molar-refractivity contribution in [3.05, 3.63) is 41.6 Å². The largest absolute Gasteiger partial charge is 0.385 e. The van der Waals surface area contributed by atoms with Crippen molar-refractivity contribution < 1.29 is 19.1 Å². The van der Waals surface area contributed by atoms with Gasteiger partial charge in [-0.05, 0) is 30.5 Å². The van der Waals surface area contributed by atoms with Crippen molar-refractivity contribution in [1.29, 1.82) is 0 Å². The number of benzene rings is 1. The third-order valence-corrected chi connectivity index (χ3v) is 5.99. The molecule has 154 valence electrons. The molecule has 4 amide bonds. The first kappa shape index (κ1) is 19.4. The number of anilines is 1. The zero-order valence-corrected chi connectivity index (χ0v) is 17.0. The molecule has 2 unspecified atom stereocenters. The Hall–Kier alpha value is -2.87. The Morgan fingerprint density at radius 2 is 1.97 bits per heavy atom. The van der Waals surface area contributed by atoms with Gasteiger partial charge >= 0.3 is 6.03 Å². The fourth-order valence-corrected chi connectivity index (χ4v) is 4.52. The molecule has 1 aromatic carbocycles. The molecule has 0 radical (unpaired) electrons. The number of ether oxygens (including phenoxy) is 1. The summed E-state index contributed by atoms with van der Waals surface area (Å²) in [6.45, 7) is 1.67. The van der Waals surface area contributed by atoms with Crippen LogP contribution in [-0.2, 0) is 20.7 Å². The van der Waals surface area contributed by atoms with Gasteiger partial charge in [-0.2, -0.15) is 0 Å². The first-order valence-electron chi connectivity index (χ1n) is 9.87. The number of imide groups is 1. The average Bonchev–Trinajstić information content (AvgIpc) is 3.32. The maximum Gasteiger partial charge on any atom is 0.327 e. The topological polar surface area (TPSA) is 73.4 Å². The summed E-state index contributed by atoms with van der Waals surface area (Å²) in [4.78, 5) is 45.2. The van der Waals surface area contributed by atoms with Crippen LogP contribution in [0.2, 0.25) is 0 Å². The Bertz CT molecular complexity index is 883. The molecule has 0 spiro atoms. The molecule has 4 rings (SSSR count). The molecule has 0 N–H and O–H groups in total.